The molecule has 0 fully saturated rings. The minimum atomic E-state index is -0.872. The summed E-state index contributed by atoms with van der Waals surface area (Å²) in [7, 11) is 0. The summed E-state index contributed by atoms with van der Waals surface area (Å²) in [4.78, 5) is 10.1. The summed E-state index contributed by atoms with van der Waals surface area (Å²) in [5.41, 5.74) is 5.27. The van der Waals surface area contributed by atoms with Gasteiger partial charge in [-0.1, -0.05) is 23.1 Å². The SMILES string of the molecule is Nc1nnc(SCC(=O)O)s1. The average molecular weight is 191 g/mol. The second-order valence-corrected chi connectivity index (χ2v) is 3.82. The Kier molecular flexibility index (Phi) is 2.66. The minimum absolute atomic E-state index is 0.00532. The lowest BCUT2D eigenvalue weighted by Crippen LogP contribution is -1.96. The molecule has 3 N–H and O–H groups in total. The lowest BCUT2D eigenvalue weighted by Gasteiger charge is -1.87. The highest BCUT2D eigenvalue weighted by atomic mass is 32.2. The molecular weight excluding hydrogens is 186 g/mol. The van der Waals surface area contributed by atoms with E-state index in [-0.39, 0.29) is 5.75 Å². The first-order valence-electron chi connectivity index (χ1n) is 2.62. The van der Waals surface area contributed by atoms with Gasteiger partial charge in [0.25, 0.3) is 0 Å². The Balaban J connectivity index is 2.45. The fraction of sp³-hybridized carbons (Fsp3) is 0.250. The number of aromatic nitrogens is 2. The summed E-state index contributed by atoms with van der Waals surface area (Å²) in [6, 6.07) is 0. The van der Waals surface area contributed by atoms with E-state index in [1.54, 1.807) is 0 Å². The van der Waals surface area contributed by atoms with Crippen LogP contribution in [0.3, 0.4) is 0 Å². The Morgan fingerprint density at radius 1 is 1.73 bits per heavy atom. The molecule has 0 atom stereocenters. The number of carboxylic acid groups (broad SMARTS) is 1. The molecular formula is C4H5N3O2S2. The van der Waals surface area contributed by atoms with Crippen LogP contribution in [0.4, 0.5) is 5.13 Å². The van der Waals surface area contributed by atoms with Crippen molar-refractivity contribution in [3.05, 3.63) is 0 Å². The number of rotatable bonds is 3. The quantitative estimate of drug-likeness (QED) is 0.668. The zero-order valence-corrected chi connectivity index (χ0v) is 6.98. The Hall–Kier alpha value is -0.820. The fourth-order valence-electron chi connectivity index (χ4n) is 0.402. The molecule has 60 valence electrons. The molecule has 5 nitrogen and oxygen atoms in total. The smallest absolute Gasteiger partial charge is 0.313 e. The highest BCUT2D eigenvalue weighted by molar-refractivity contribution is 8.01. The van der Waals surface area contributed by atoms with Crippen LogP contribution in [-0.4, -0.2) is 27.0 Å². The fourth-order valence-corrected chi connectivity index (χ4v) is 1.76. The molecule has 0 aliphatic carbocycles. The third-order valence-corrected chi connectivity index (χ3v) is 2.61. The monoisotopic (exact) mass is 191 g/mol. The van der Waals surface area contributed by atoms with Gasteiger partial charge in [-0.3, -0.25) is 4.79 Å². The largest absolute Gasteiger partial charge is 0.481 e. The molecule has 1 heterocycles. The Morgan fingerprint density at radius 2 is 2.45 bits per heavy atom. The molecule has 0 saturated carbocycles. The van der Waals surface area contributed by atoms with Gasteiger partial charge in [0.05, 0.1) is 5.75 Å². The normalized spacial score (nSPS) is 9.82. The van der Waals surface area contributed by atoms with Gasteiger partial charge in [0.1, 0.15) is 0 Å². The number of carboxylic acids is 1. The number of hydrogen-bond donors (Lipinski definition) is 2. The first kappa shape index (κ1) is 8.28. The van der Waals surface area contributed by atoms with E-state index in [1.807, 2.05) is 0 Å². The molecule has 0 amide bonds. The summed E-state index contributed by atoms with van der Waals surface area (Å²) < 4.78 is 0.588. The Labute approximate surface area is 70.6 Å². The van der Waals surface area contributed by atoms with Gasteiger partial charge in [0, 0.05) is 0 Å². The van der Waals surface area contributed by atoms with Gasteiger partial charge in [-0.2, -0.15) is 0 Å². The lowest BCUT2D eigenvalue weighted by molar-refractivity contribution is -0.133. The third-order valence-electron chi connectivity index (χ3n) is 0.741. The van der Waals surface area contributed by atoms with E-state index in [9.17, 15) is 4.79 Å². The van der Waals surface area contributed by atoms with E-state index in [2.05, 4.69) is 10.2 Å². The Morgan fingerprint density at radius 3 is 2.91 bits per heavy atom. The first-order chi connectivity index (χ1) is 5.18. The van der Waals surface area contributed by atoms with Gasteiger partial charge >= 0.3 is 5.97 Å². The van der Waals surface area contributed by atoms with Gasteiger partial charge in [0.15, 0.2) is 4.34 Å². The summed E-state index contributed by atoms with van der Waals surface area (Å²) in [6.07, 6.45) is 0. The van der Waals surface area contributed by atoms with Crippen molar-refractivity contribution in [1.82, 2.24) is 10.2 Å². The number of nitrogens with zero attached hydrogens (tertiary/aromatic N) is 2. The molecule has 0 spiro atoms. The number of aliphatic carboxylic acids is 1. The second-order valence-electron chi connectivity index (χ2n) is 1.59. The average Bonchev–Trinajstić information content (AvgIpc) is 2.31. The van der Waals surface area contributed by atoms with Crippen LogP contribution in [0.2, 0.25) is 0 Å². The first-order valence-corrected chi connectivity index (χ1v) is 4.42. The van der Waals surface area contributed by atoms with Crippen LogP contribution < -0.4 is 5.73 Å². The molecule has 0 radical (unpaired) electrons. The van der Waals surface area contributed by atoms with Crippen LogP contribution in [0.1, 0.15) is 0 Å². The number of anilines is 1. The molecule has 0 bridgehead atoms. The van der Waals surface area contributed by atoms with Crippen LogP contribution in [0.15, 0.2) is 4.34 Å². The number of nitrogen functional groups attached to an aromatic ring is 1. The van der Waals surface area contributed by atoms with Gasteiger partial charge in [-0.25, -0.2) is 0 Å². The summed E-state index contributed by atoms with van der Waals surface area (Å²) >= 11 is 2.30. The zero-order chi connectivity index (χ0) is 8.27. The molecule has 0 aliphatic heterocycles. The topological polar surface area (TPSA) is 89.1 Å². The van der Waals surface area contributed by atoms with Gasteiger partial charge < -0.3 is 10.8 Å². The van der Waals surface area contributed by atoms with E-state index in [0.717, 1.165) is 11.8 Å². The number of thioether (sulfide) groups is 1. The molecule has 0 aromatic carbocycles. The van der Waals surface area contributed by atoms with E-state index in [1.165, 1.54) is 11.3 Å². The number of carbonyl (C=O) groups is 1. The van der Waals surface area contributed by atoms with Crippen molar-refractivity contribution < 1.29 is 9.90 Å². The predicted molar refractivity (Wildman–Crippen MR) is 42.7 cm³/mol. The maximum Gasteiger partial charge on any atom is 0.313 e. The number of hydrogen-bond acceptors (Lipinski definition) is 6. The van der Waals surface area contributed by atoms with Crippen molar-refractivity contribution in [2.75, 3.05) is 11.5 Å². The highest BCUT2D eigenvalue weighted by Gasteiger charge is 2.03. The standard InChI is InChI=1S/C4H5N3O2S2/c5-3-6-7-4(11-3)10-1-2(8)9/h1H2,(H2,5,6)(H,8,9). The molecule has 0 aliphatic rings. The van der Waals surface area contributed by atoms with Crippen LogP contribution in [0, 0.1) is 0 Å². The van der Waals surface area contributed by atoms with E-state index in [4.69, 9.17) is 10.8 Å². The van der Waals surface area contributed by atoms with Gasteiger partial charge in [-0.05, 0) is 0 Å². The molecule has 11 heavy (non-hydrogen) atoms. The molecule has 1 aromatic rings. The Bertz CT molecular complexity index is 262. The van der Waals surface area contributed by atoms with Crippen molar-refractivity contribution in [2.45, 2.75) is 4.34 Å². The van der Waals surface area contributed by atoms with Crippen LogP contribution >= 0.6 is 23.1 Å². The maximum atomic E-state index is 10.1. The summed E-state index contributed by atoms with van der Waals surface area (Å²) in [5, 5.41) is 15.8. The number of nitrogens with two attached hydrogens (primary N) is 1. The maximum absolute atomic E-state index is 10.1. The molecule has 0 saturated heterocycles. The highest BCUT2D eigenvalue weighted by Crippen LogP contribution is 2.22. The van der Waals surface area contributed by atoms with E-state index < -0.39 is 5.97 Å². The summed E-state index contributed by atoms with van der Waals surface area (Å²) in [5.74, 6) is -0.877. The van der Waals surface area contributed by atoms with Gasteiger partial charge in [-0.15, -0.1) is 10.2 Å². The van der Waals surface area contributed by atoms with Gasteiger partial charge in [0.2, 0.25) is 5.13 Å². The third kappa shape index (κ3) is 2.72. The van der Waals surface area contributed by atoms with E-state index in [0.29, 0.717) is 9.47 Å². The van der Waals surface area contributed by atoms with Crippen molar-refractivity contribution in [3.8, 4) is 0 Å². The van der Waals surface area contributed by atoms with Crippen LogP contribution in [0.25, 0.3) is 0 Å². The molecule has 0 unspecified atom stereocenters. The molecule has 7 heteroatoms. The van der Waals surface area contributed by atoms with Crippen molar-refractivity contribution in [2.24, 2.45) is 0 Å². The van der Waals surface area contributed by atoms with Crippen molar-refractivity contribution in [1.29, 1.82) is 0 Å². The van der Waals surface area contributed by atoms with E-state index >= 15 is 0 Å². The van der Waals surface area contributed by atoms with Crippen molar-refractivity contribution in [3.63, 3.8) is 0 Å². The van der Waals surface area contributed by atoms with Crippen molar-refractivity contribution >= 4 is 34.2 Å². The summed E-state index contributed by atoms with van der Waals surface area (Å²) in [6.45, 7) is 0. The molecule has 1 rings (SSSR count). The van der Waals surface area contributed by atoms with Crippen LogP contribution in [0.5, 0.6) is 0 Å². The predicted octanol–water partition coefficient (Wildman–Crippen LogP) is 0.297. The minimum Gasteiger partial charge on any atom is -0.481 e. The molecule has 1 aromatic heterocycles. The zero-order valence-electron chi connectivity index (χ0n) is 5.35. The van der Waals surface area contributed by atoms with Crippen LogP contribution in [-0.2, 0) is 4.79 Å². The second kappa shape index (κ2) is 3.54. The lowest BCUT2D eigenvalue weighted by atomic mass is 10.8.